The molecule has 1 aromatic rings. The number of alkyl halides is 1. The van der Waals surface area contributed by atoms with Gasteiger partial charge in [-0.3, -0.25) is 0 Å². The fourth-order valence-electron chi connectivity index (χ4n) is 2.85. The first-order valence-electron chi connectivity index (χ1n) is 6.71. The van der Waals surface area contributed by atoms with Crippen molar-refractivity contribution in [3.8, 4) is 0 Å². The number of likely N-dealkylation sites (N-methyl/N-ethyl adjacent to an activating group) is 1. The van der Waals surface area contributed by atoms with Gasteiger partial charge >= 0.3 is 0 Å². The van der Waals surface area contributed by atoms with Crippen LogP contribution in [0.2, 0.25) is 0 Å². The highest BCUT2D eigenvalue weighted by Crippen LogP contribution is 2.31. The van der Waals surface area contributed by atoms with Crippen molar-refractivity contribution in [3.63, 3.8) is 0 Å². The Morgan fingerprint density at radius 1 is 1.35 bits per heavy atom. The lowest BCUT2D eigenvalue weighted by molar-refractivity contribution is 0.275. The van der Waals surface area contributed by atoms with Crippen LogP contribution in [0.5, 0.6) is 0 Å². The molecule has 94 valence electrons. The number of nitrogens with zero attached hydrogens (tertiary/aromatic N) is 1. The van der Waals surface area contributed by atoms with Crippen LogP contribution in [0.4, 0.5) is 0 Å². The van der Waals surface area contributed by atoms with E-state index in [0.29, 0.717) is 0 Å². The number of halogens is 1. The Balaban J connectivity index is 2.07. The van der Waals surface area contributed by atoms with Crippen LogP contribution in [0.15, 0.2) is 24.3 Å². The van der Waals surface area contributed by atoms with Gasteiger partial charge in [0.2, 0.25) is 0 Å². The Kier molecular flexibility index (Phi) is 5.05. The zero-order valence-electron chi connectivity index (χ0n) is 10.7. The standard InChI is InChI=1S/C15H22BrN/c1-2-17(11-10-16)12-14-8-5-7-13-6-3-4-9-15(13)14/h3-4,6,9,14H,2,5,7-8,10-12H2,1H3. The van der Waals surface area contributed by atoms with Gasteiger partial charge in [0.1, 0.15) is 0 Å². The highest BCUT2D eigenvalue weighted by Gasteiger charge is 2.21. The maximum atomic E-state index is 3.55. The minimum Gasteiger partial charge on any atom is -0.302 e. The first-order chi connectivity index (χ1) is 8.35. The van der Waals surface area contributed by atoms with Crippen LogP contribution in [-0.2, 0) is 6.42 Å². The number of hydrogen-bond acceptors (Lipinski definition) is 1. The summed E-state index contributed by atoms with van der Waals surface area (Å²) < 4.78 is 0. The highest BCUT2D eigenvalue weighted by molar-refractivity contribution is 9.09. The van der Waals surface area contributed by atoms with E-state index in [-0.39, 0.29) is 0 Å². The summed E-state index contributed by atoms with van der Waals surface area (Å²) in [5.74, 6) is 0.749. The molecule has 0 aliphatic heterocycles. The fraction of sp³-hybridized carbons (Fsp3) is 0.600. The molecule has 1 aliphatic carbocycles. The molecular formula is C15H22BrN. The van der Waals surface area contributed by atoms with Gasteiger partial charge in [-0.1, -0.05) is 47.1 Å². The average Bonchev–Trinajstić information content (AvgIpc) is 2.38. The van der Waals surface area contributed by atoms with E-state index in [1.165, 1.54) is 25.8 Å². The molecule has 0 bridgehead atoms. The predicted molar refractivity (Wildman–Crippen MR) is 78.0 cm³/mol. The van der Waals surface area contributed by atoms with Gasteiger partial charge in [0, 0.05) is 18.4 Å². The largest absolute Gasteiger partial charge is 0.302 e. The Morgan fingerprint density at radius 2 is 2.18 bits per heavy atom. The Labute approximate surface area is 113 Å². The van der Waals surface area contributed by atoms with E-state index in [1.807, 2.05) is 0 Å². The number of rotatable bonds is 5. The van der Waals surface area contributed by atoms with Crippen molar-refractivity contribution in [2.24, 2.45) is 0 Å². The summed E-state index contributed by atoms with van der Waals surface area (Å²) in [5, 5.41) is 1.08. The van der Waals surface area contributed by atoms with Crippen molar-refractivity contribution in [1.82, 2.24) is 4.90 Å². The summed E-state index contributed by atoms with van der Waals surface area (Å²) in [6.45, 7) is 5.80. The molecule has 1 atom stereocenters. The highest BCUT2D eigenvalue weighted by atomic mass is 79.9. The number of benzene rings is 1. The van der Waals surface area contributed by atoms with Crippen molar-refractivity contribution < 1.29 is 0 Å². The molecule has 0 heterocycles. The first-order valence-corrected chi connectivity index (χ1v) is 7.83. The van der Waals surface area contributed by atoms with Gasteiger partial charge < -0.3 is 4.90 Å². The topological polar surface area (TPSA) is 3.24 Å². The SMILES string of the molecule is CCN(CCBr)CC1CCCc2ccccc21. The summed E-state index contributed by atoms with van der Waals surface area (Å²) in [7, 11) is 0. The van der Waals surface area contributed by atoms with E-state index < -0.39 is 0 Å². The van der Waals surface area contributed by atoms with Crippen molar-refractivity contribution >= 4 is 15.9 Å². The predicted octanol–water partition coefficient (Wildman–Crippen LogP) is 3.82. The molecule has 2 heteroatoms. The molecule has 0 saturated carbocycles. The van der Waals surface area contributed by atoms with Gasteiger partial charge in [0.25, 0.3) is 0 Å². The third kappa shape index (κ3) is 3.32. The van der Waals surface area contributed by atoms with Gasteiger partial charge in [-0.15, -0.1) is 0 Å². The second-order valence-corrected chi connectivity index (χ2v) is 5.66. The van der Waals surface area contributed by atoms with Gasteiger partial charge in [-0.25, -0.2) is 0 Å². The van der Waals surface area contributed by atoms with E-state index in [9.17, 15) is 0 Å². The molecule has 1 aliphatic rings. The van der Waals surface area contributed by atoms with Crippen LogP contribution in [-0.4, -0.2) is 29.9 Å². The molecule has 0 radical (unpaired) electrons. The van der Waals surface area contributed by atoms with Crippen LogP contribution in [0.25, 0.3) is 0 Å². The fourth-order valence-corrected chi connectivity index (χ4v) is 3.36. The lowest BCUT2D eigenvalue weighted by atomic mass is 9.82. The molecule has 0 N–H and O–H groups in total. The van der Waals surface area contributed by atoms with E-state index in [2.05, 4.69) is 52.0 Å². The Hall–Kier alpha value is -0.340. The van der Waals surface area contributed by atoms with Crippen LogP contribution in [0.1, 0.15) is 36.8 Å². The molecule has 1 unspecified atom stereocenters. The second kappa shape index (κ2) is 6.55. The minimum absolute atomic E-state index is 0.749. The average molecular weight is 296 g/mol. The van der Waals surface area contributed by atoms with Crippen LogP contribution in [0, 0.1) is 0 Å². The zero-order valence-corrected chi connectivity index (χ0v) is 12.2. The third-order valence-electron chi connectivity index (χ3n) is 3.82. The molecule has 0 spiro atoms. The van der Waals surface area contributed by atoms with Crippen LogP contribution >= 0.6 is 15.9 Å². The normalized spacial score (nSPS) is 19.4. The van der Waals surface area contributed by atoms with Crippen LogP contribution in [0.3, 0.4) is 0 Å². The summed E-state index contributed by atoms with van der Waals surface area (Å²) >= 11 is 3.55. The lowest BCUT2D eigenvalue weighted by Crippen LogP contribution is -2.31. The molecule has 17 heavy (non-hydrogen) atoms. The smallest absolute Gasteiger partial charge is 0.0159 e. The number of fused-ring (bicyclic) bond motifs is 1. The first kappa shape index (κ1) is 13.1. The minimum atomic E-state index is 0.749. The molecular weight excluding hydrogens is 274 g/mol. The zero-order chi connectivity index (χ0) is 12.1. The van der Waals surface area contributed by atoms with E-state index in [4.69, 9.17) is 0 Å². The van der Waals surface area contributed by atoms with Crippen molar-refractivity contribution in [3.05, 3.63) is 35.4 Å². The molecule has 0 aromatic heterocycles. The lowest BCUT2D eigenvalue weighted by Gasteiger charge is -2.30. The molecule has 0 amide bonds. The van der Waals surface area contributed by atoms with Gasteiger partial charge in [-0.2, -0.15) is 0 Å². The second-order valence-electron chi connectivity index (χ2n) is 4.87. The van der Waals surface area contributed by atoms with E-state index >= 15 is 0 Å². The monoisotopic (exact) mass is 295 g/mol. The number of aryl methyl sites for hydroxylation is 1. The molecule has 2 rings (SSSR count). The Morgan fingerprint density at radius 3 is 2.94 bits per heavy atom. The van der Waals surface area contributed by atoms with Crippen molar-refractivity contribution in [1.29, 1.82) is 0 Å². The van der Waals surface area contributed by atoms with Gasteiger partial charge in [-0.05, 0) is 42.9 Å². The quantitative estimate of drug-likeness (QED) is 0.747. The maximum Gasteiger partial charge on any atom is 0.0159 e. The molecule has 0 fully saturated rings. The van der Waals surface area contributed by atoms with E-state index in [1.54, 1.807) is 11.1 Å². The van der Waals surface area contributed by atoms with E-state index in [0.717, 1.165) is 24.3 Å². The third-order valence-corrected chi connectivity index (χ3v) is 4.17. The number of hydrogen-bond donors (Lipinski definition) is 0. The van der Waals surface area contributed by atoms with Crippen molar-refractivity contribution in [2.75, 3.05) is 25.0 Å². The van der Waals surface area contributed by atoms with Gasteiger partial charge in [0.05, 0.1) is 0 Å². The summed E-state index contributed by atoms with van der Waals surface area (Å²) in [6.07, 6.45) is 3.99. The van der Waals surface area contributed by atoms with Crippen molar-refractivity contribution in [2.45, 2.75) is 32.1 Å². The molecule has 0 saturated heterocycles. The van der Waals surface area contributed by atoms with Gasteiger partial charge in [0.15, 0.2) is 0 Å². The summed E-state index contributed by atoms with van der Waals surface area (Å²) in [6, 6.07) is 9.01. The molecule has 1 nitrogen and oxygen atoms in total. The summed E-state index contributed by atoms with van der Waals surface area (Å²) in [5.41, 5.74) is 3.19. The summed E-state index contributed by atoms with van der Waals surface area (Å²) in [4.78, 5) is 2.56. The molecule has 1 aromatic carbocycles. The Bertz CT molecular complexity index is 351. The van der Waals surface area contributed by atoms with Crippen LogP contribution < -0.4 is 0 Å². The maximum absolute atomic E-state index is 3.55.